The smallest absolute Gasteiger partial charge is 0.410 e. The van der Waals surface area contributed by atoms with Crippen molar-refractivity contribution in [2.24, 2.45) is 5.92 Å². The van der Waals surface area contributed by atoms with Gasteiger partial charge in [-0.2, -0.15) is 0 Å². The Kier molecular flexibility index (Phi) is 7.88. The van der Waals surface area contributed by atoms with E-state index < -0.39 is 53.8 Å². The SMILES string of the molecule is CCC[C@@H](NC(=O)C1CNC[C@@H]1OC(=O)N1CCc2ccccc2C1)C(=O)C(=O)N1CC1C(=O)OC. The molecule has 36 heavy (non-hydrogen) atoms. The molecule has 0 saturated carbocycles. The number of carbonyl (C=O) groups excluding carboxylic acids is 5. The fraction of sp³-hybridized carbons (Fsp3) is 0.560. The Morgan fingerprint density at radius 3 is 2.61 bits per heavy atom. The minimum absolute atomic E-state index is 0.121. The lowest BCUT2D eigenvalue weighted by atomic mass is 10.0. The van der Waals surface area contributed by atoms with E-state index in [0.29, 0.717) is 26.1 Å². The number of carbonyl (C=O) groups is 5. The van der Waals surface area contributed by atoms with Crippen molar-refractivity contribution in [3.8, 4) is 0 Å². The number of Topliss-reactive ketones (excluding diaryl/α,β-unsaturated/α-hetero) is 1. The van der Waals surface area contributed by atoms with Crippen LogP contribution in [0.2, 0.25) is 0 Å². The molecule has 0 bridgehead atoms. The number of fused-ring (bicyclic) bond motifs is 1. The number of ether oxygens (including phenoxy) is 2. The van der Waals surface area contributed by atoms with Gasteiger partial charge in [0.15, 0.2) is 0 Å². The first-order valence-electron chi connectivity index (χ1n) is 12.3. The Morgan fingerprint density at radius 2 is 1.89 bits per heavy atom. The molecule has 0 spiro atoms. The van der Waals surface area contributed by atoms with E-state index in [-0.39, 0.29) is 19.5 Å². The average Bonchev–Trinajstić information content (AvgIpc) is 3.57. The van der Waals surface area contributed by atoms with Crippen LogP contribution in [0.25, 0.3) is 0 Å². The molecule has 11 heteroatoms. The third kappa shape index (κ3) is 5.51. The molecule has 1 aromatic carbocycles. The maximum atomic E-state index is 13.1. The third-order valence-electron chi connectivity index (χ3n) is 6.90. The number of hydrogen-bond donors (Lipinski definition) is 2. The molecule has 3 heterocycles. The Balaban J connectivity index is 1.34. The monoisotopic (exact) mass is 500 g/mol. The van der Waals surface area contributed by atoms with Crippen LogP contribution in [0.1, 0.15) is 30.9 Å². The first kappa shape index (κ1) is 25.6. The lowest BCUT2D eigenvalue weighted by molar-refractivity contribution is -0.147. The number of amides is 3. The van der Waals surface area contributed by atoms with Gasteiger partial charge in [-0.05, 0) is 24.0 Å². The number of nitrogens with one attached hydrogen (secondary N) is 2. The molecule has 3 aliphatic heterocycles. The van der Waals surface area contributed by atoms with Gasteiger partial charge in [0.05, 0.1) is 25.6 Å². The highest BCUT2D eigenvalue weighted by Gasteiger charge is 2.48. The van der Waals surface area contributed by atoms with Crippen molar-refractivity contribution in [3.63, 3.8) is 0 Å². The zero-order valence-corrected chi connectivity index (χ0v) is 20.5. The molecule has 4 atom stereocenters. The van der Waals surface area contributed by atoms with Gasteiger partial charge in [0, 0.05) is 26.2 Å². The molecule has 2 N–H and O–H groups in total. The van der Waals surface area contributed by atoms with Crippen LogP contribution < -0.4 is 10.6 Å². The number of benzene rings is 1. The van der Waals surface area contributed by atoms with Crippen molar-refractivity contribution in [2.75, 3.05) is 33.3 Å². The number of methoxy groups -OCH3 is 1. The Labute approximate surface area is 209 Å². The highest BCUT2D eigenvalue weighted by molar-refractivity contribution is 6.39. The molecule has 1 aromatic rings. The second kappa shape index (κ2) is 11.1. The standard InChI is InChI=1S/C25H32N4O7/c1-3-6-18(21(30)23(32)29-14-19(29)24(33)35-2)27-22(31)17-11-26-12-20(17)36-25(34)28-10-9-15-7-4-5-8-16(15)13-28/h4-5,7-8,17-20,26H,3,6,9-14H2,1-2H3,(H,27,31)/t17?,18-,19?,20+,29?/m1/s1. The van der Waals surface area contributed by atoms with E-state index in [1.165, 1.54) is 12.7 Å². The van der Waals surface area contributed by atoms with E-state index in [4.69, 9.17) is 4.74 Å². The minimum Gasteiger partial charge on any atom is -0.467 e. The molecule has 11 nitrogen and oxygen atoms in total. The summed E-state index contributed by atoms with van der Waals surface area (Å²) >= 11 is 0. The maximum Gasteiger partial charge on any atom is 0.410 e. The molecule has 2 fully saturated rings. The molecular formula is C25H32N4O7. The number of esters is 1. The van der Waals surface area contributed by atoms with Crippen molar-refractivity contribution in [2.45, 2.75) is 50.9 Å². The second-order valence-corrected chi connectivity index (χ2v) is 9.34. The van der Waals surface area contributed by atoms with Gasteiger partial charge in [-0.3, -0.25) is 14.4 Å². The van der Waals surface area contributed by atoms with Crippen LogP contribution in [0.4, 0.5) is 4.79 Å². The first-order chi connectivity index (χ1) is 17.3. The topological polar surface area (TPSA) is 134 Å². The largest absolute Gasteiger partial charge is 0.467 e. The fourth-order valence-electron chi connectivity index (χ4n) is 4.72. The highest BCUT2D eigenvalue weighted by Crippen LogP contribution is 2.22. The van der Waals surface area contributed by atoms with Gasteiger partial charge in [0.2, 0.25) is 11.7 Å². The maximum absolute atomic E-state index is 13.1. The van der Waals surface area contributed by atoms with Crippen LogP contribution >= 0.6 is 0 Å². The van der Waals surface area contributed by atoms with Crippen LogP contribution in [0.15, 0.2) is 24.3 Å². The van der Waals surface area contributed by atoms with E-state index in [0.717, 1.165) is 16.9 Å². The van der Waals surface area contributed by atoms with E-state index in [1.54, 1.807) is 4.90 Å². The van der Waals surface area contributed by atoms with Gasteiger partial charge in [-0.1, -0.05) is 37.6 Å². The Bertz CT molecular complexity index is 1040. The number of hydrogen-bond acceptors (Lipinski definition) is 8. The third-order valence-corrected chi connectivity index (χ3v) is 6.90. The van der Waals surface area contributed by atoms with E-state index >= 15 is 0 Å². The summed E-state index contributed by atoms with van der Waals surface area (Å²) in [5, 5.41) is 5.75. The lowest BCUT2D eigenvalue weighted by Crippen LogP contribution is -2.50. The van der Waals surface area contributed by atoms with Gasteiger partial charge >= 0.3 is 12.1 Å². The summed E-state index contributed by atoms with van der Waals surface area (Å²) in [7, 11) is 1.22. The van der Waals surface area contributed by atoms with Gasteiger partial charge in [-0.25, -0.2) is 9.59 Å². The van der Waals surface area contributed by atoms with Crippen LogP contribution in [0.5, 0.6) is 0 Å². The van der Waals surface area contributed by atoms with E-state index in [1.807, 2.05) is 31.2 Å². The zero-order chi connectivity index (χ0) is 25.8. The normalized spacial score (nSPS) is 23.3. The molecule has 0 radical (unpaired) electrons. The summed E-state index contributed by atoms with van der Waals surface area (Å²) < 4.78 is 10.3. The van der Waals surface area contributed by atoms with E-state index in [2.05, 4.69) is 15.4 Å². The van der Waals surface area contributed by atoms with Crippen molar-refractivity contribution in [1.29, 1.82) is 0 Å². The quantitative estimate of drug-likeness (QED) is 0.290. The summed E-state index contributed by atoms with van der Waals surface area (Å²) in [6.45, 7) is 3.54. The number of nitrogens with zero attached hydrogens (tertiary/aromatic N) is 2. The lowest BCUT2D eigenvalue weighted by Gasteiger charge is -2.30. The van der Waals surface area contributed by atoms with Gasteiger partial charge in [-0.15, -0.1) is 0 Å². The summed E-state index contributed by atoms with van der Waals surface area (Å²) in [5.41, 5.74) is 2.29. The predicted octanol–water partition coefficient (Wildman–Crippen LogP) is 0.00710. The van der Waals surface area contributed by atoms with Gasteiger partial charge in [0.1, 0.15) is 12.1 Å². The summed E-state index contributed by atoms with van der Waals surface area (Å²) in [4.78, 5) is 65.7. The summed E-state index contributed by atoms with van der Waals surface area (Å²) in [5.74, 6) is -3.33. The van der Waals surface area contributed by atoms with Crippen molar-refractivity contribution < 1.29 is 33.4 Å². The van der Waals surface area contributed by atoms with E-state index in [9.17, 15) is 24.0 Å². The van der Waals surface area contributed by atoms with Crippen LogP contribution in [0, 0.1) is 5.92 Å². The van der Waals surface area contributed by atoms with Gasteiger partial charge in [0.25, 0.3) is 5.91 Å². The molecular weight excluding hydrogens is 468 g/mol. The predicted molar refractivity (Wildman–Crippen MR) is 127 cm³/mol. The molecule has 0 aliphatic carbocycles. The van der Waals surface area contributed by atoms with Crippen molar-refractivity contribution in [3.05, 3.63) is 35.4 Å². The molecule has 3 amide bonds. The Morgan fingerprint density at radius 1 is 1.14 bits per heavy atom. The fourth-order valence-corrected chi connectivity index (χ4v) is 4.72. The molecule has 194 valence electrons. The van der Waals surface area contributed by atoms with Crippen LogP contribution in [-0.2, 0) is 41.6 Å². The molecule has 2 unspecified atom stereocenters. The number of ketones is 1. The minimum atomic E-state index is -1.02. The summed E-state index contributed by atoms with van der Waals surface area (Å²) in [6, 6.07) is 6.17. The summed E-state index contributed by atoms with van der Waals surface area (Å²) in [6.07, 6.45) is 0.384. The molecule has 0 aromatic heterocycles. The molecule has 4 rings (SSSR count). The number of rotatable bonds is 8. The molecule has 3 aliphatic rings. The Hall–Kier alpha value is -3.47. The van der Waals surface area contributed by atoms with Gasteiger partial charge < -0.3 is 29.9 Å². The second-order valence-electron chi connectivity index (χ2n) is 9.34. The zero-order valence-electron chi connectivity index (χ0n) is 20.5. The van der Waals surface area contributed by atoms with Crippen LogP contribution in [0.3, 0.4) is 0 Å². The highest BCUT2D eigenvalue weighted by atomic mass is 16.6. The van der Waals surface area contributed by atoms with Crippen molar-refractivity contribution in [1.82, 2.24) is 20.4 Å². The van der Waals surface area contributed by atoms with Crippen LogP contribution in [-0.4, -0.2) is 90.9 Å². The molecule has 2 saturated heterocycles. The average molecular weight is 501 g/mol. The van der Waals surface area contributed by atoms with Crippen molar-refractivity contribution >= 4 is 29.7 Å². The first-order valence-corrected chi connectivity index (χ1v) is 12.3.